The highest BCUT2D eigenvalue weighted by atomic mass is 16.5. The number of aromatic hydroxyl groups is 2. The van der Waals surface area contributed by atoms with Gasteiger partial charge in [0.15, 0.2) is 5.76 Å². The van der Waals surface area contributed by atoms with E-state index in [1.807, 2.05) is 22.8 Å². The van der Waals surface area contributed by atoms with E-state index >= 15 is 0 Å². The number of ketones is 1. The van der Waals surface area contributed by atoms with E-state index in [1.165, 1.54) is 12.1 Å². The van der Waals surface area contributed by atoms with Crippen molar-refractivity contribution < 1.29 is 29.3 Å². The molecule has 0 radical (unpaired) electrons. The minimum Gasteiger partial charge on any atom is -0.508 e. The van der Waals surface area contributed by atoms with Crippen LogP contribution in [0.5, 0.6) is 23.0 Å². The average molecular weight is 406 g/mol. The third-order valence-electron chi connectivity index (χ3n) is 5.53. The molecule has 2 aliphatic heterocycles. The van der Waals surface area contributed by atoms with Gasteiger partial charge in [0.2, 0.25) is 5.78 Å². The number of hydrogen-bond acceptors (Lipinski definition) is 6. The van der Waals surface area contributed by atoms with Crippen LogP contribution in [0.15, 0.2) is 36.1 Å². The predicted octanol–water partition coefficient (Wildman–Crippen LogP) is 2.76. The Balaban J connectivity index is 1.74. The van der Waals surface area contributed by atoms with Gasteiger partial charge in [-0.3, -0.25) is 9.59 Å². The van der Waals surface area contributed by atoms with Crippen LogP contribution in [0.2, 0.25) is 0 Å². The number of likely N-dealkylation sites (N-methyl/N-ethyl adjacent to an activating group) is 1. The highest BCUT2D eigenvalue weighted by molar-refractivity contribution is 6.18. The van der Waals surface area contributed by atoms with Gasteiger partial charge in [-0.25, -0.2) is 0 Å². The van der Waals surface area contributed by atoms with E-state index in [1.54, 1.807) is 19.1 Å². The molecule has 0 aliphatic carbocycles. The number of rotatable bonds is 2. The monoisotopic (exact) mass is 406 g/mol. The standard InChI is InChI=1S/C22H18N2O6/c1-23-5-6-24-15-4-3-12(29-2)9-13(15)14(20(24)22(23)28)10-18-21(27)19-16(26)7-11(25)8-17(19)30-18/h3-4,7-10,25-26H,5-6H2,1-2H3/b18-10-. The number of carbonyl (C=O) groups excluding carboxylic acids is 2. The highest BCUT2D eigenvalue weighted by Gasteiger charge is 2.34. The number of benzene rings is 2. The zero-order chi connectivity index (χ0) is 21.2. The summed E-state index contributed by atoms with van der Waals surface area (Å²) >= 11 is 0. The molecular formula is C22H18N2O6. The van der Waals surface area contributed by atoms with Gasteiger partial charge in [0, 0.05) is 48.7 Å². The lowest BCUT2D eigenvalue weighted by molar-refractivity contribution is 0.0750. The van der Waals surface area contributed by atoms with E-state index in [0.717, 1.165) is 17.0 Å². The minimum absolute atomic E-state index is 0.0162. The van der Waals surface area contributed by atoms with Crippen molar-refractivity contribution in [2.24, 2.45) is 0 Å². The van der Waals surface area contributed by atoms with Crippen LogP contribution in [-0.4, -0.2) is 52.1 Å². The molecule has 3 aromatic rings. The quantitative estimate of drug-likeness (QED) is 0.635. The maximum Gasteiger partial charge on any atom is 0.270 e. The molecule has 2 aromatic carbocycles. The van der Waals surface area contributed by atoms with E-state index in [9.17, 15) is 19.8 Å². The number of methoxy groups -OCH3 is 1. The summed E-state index contributed by atoms with van der Waals surface area (Å²) in [6.07, 6.45) is 1.52. The van der Waals surface area contributed by atoms with Gasteiger partial charge in [0.25, 0.3) is 5.91 Å². The van der Waals surface area contributed by atoms with Crippen molar-refractivity contribution in [3.8, 4) is 23.0 Å². The van der Waals surface area contributed by atoms with Crippen molar-refractivity contribution in [2.45, 2.75) is 6.54 Å². The first-order chi connectivity index (χ1) is 14.4. The largest absolute Gasteiger partial charge is 0.508 e. The number of allylic oxidation sites excluding steroid dienone is 1. The van der Waals surface area contributed by atoms with Gasteiger partial charge in [0.05, 0.1) is 7.11 Å². The van der Waals surface area contributed by atoms with E-state index < -0.39 is 5.78 Å². The van der Waals surface area contributed by atoms with Crippen molar-refractivity contribution >= 4 is 28.7 Å². The number of aromatic nitrogens is 1. The lowest BCUT2D eigenvalue weighted by Crippen LogP contribution is -2.37. The van der Waals surface area contributed by atoms with Crippen LogP contribution in [0.4, 0.5) is 0 Å². The normalized spacial score (nSPS) is 16.7. The Morgan fingerprint density at radius 2 is 1.93 bits per heavy atom. The number of hydrogen-bond donors (Lipinski definition) is 2. The molecule has 8 heteroatoms. The number of nitrogens with zero attached hydrogens (tertiary/aromatic N) is 2. The first-order valence-electron chi connectivity index (χ1n) is 9.35. The fourth-order valence-electron chi connectivity index (χ4n) is 4.04. The zero-order valence-electron chi connectivity index (χ0n) is 16.3. The molecule has 2 N–H and O–H groups in total. The number of ether oxygens (including phenoxy) is 2. The molecule has 0 bridgehead atoms. The zero-order valence-corrected chi connectivity index (χ0v) is 16.3. The molecule has 1 amide bonds. The second-order valence-electron chi connectivity index (χ2n) is 7.30. The molecule has 152 valence electrons. The van der Waals surface area contributed by atoms with Crippen molar-refractivity contribution in [3.05, 3.63) is 52.9 Å². The molecule has 0 spiro atoms. The third kappa shape index (κ3) is 2.46. The Labute approximate surface area is 171 Å². The lowest BCUT2D eigenvalue weighted by Gasteiger charge is -2.25. The second-order valence-corrected chi connectivity index (χ2v) is 7.30. The van der Waals surface area contributed by atoms with Gasteiger partial charge < -0.3 is 29.2 Å². The number of carbonyl (C=O) groups is 2. The van der Waals surface area contributed by atoms with Crippen LogP contribution in [0.3, 0.4) is 0 Å². The molecule has 0 saturated heterocycles. The van der Waals surface area contributed by atoms with Crippen LogP contribution in [0.25, 0.3) is 17.0 Å². The van der Waals surface area contributed by atoms with Crippen molar-refractivity contribution in [2.75, 3.05) is 20.7 Å². The van der Waals surface area contributed by atoms with Gasteiger partial charge in [-0.15, -0.1) is 0 Å². The SMILES string of the molecule is COc1ccc2c(c1)c(/C=C1\Oc3cc(O)cc(O)c3C1=O)c1n2CCN(C)C1=O. The predicted molar refractivity (Wildman–Crippen MR) is 108 cm³/mol. The van der Waals surface area contributed by atoms with Gasteiger partial charge in [-0.1, -0.05) is 0 Å². The Bertz CT molecular complexity index is 1290. The summed E-state index contributed by atoms with van der Waals surface area (Å²) in [6, 6.07) is 7.87. The molecule has 3 heterocycles. The molecule has 0 unspecified atom stereocenters. The van der Waals surface area contributed by atoms with Crippen LogP contribution in [0.1, 0.15) is 26.4 Å². The maximum absolute atomic E-state index is 13.0. The van der Waals surface area contributed by atoms with Crippen LogP contribution < -0.4 is 9.47 Å². The van der Waals surface area contributed by atoms with Gasteiger partial charge in [-0.2, -0.15) is 0 Å². The Morgan fingerprint density at radius 3 is 2.70 bits per heavy atom. The third-order valence-corrected chi connectivity index (χ3v) is 5.53. The minimum atomic E-state index is -0.518. The first-order valence-corrected chi connectivity index (χ1v) is 9.35. The number of phenols is 2. The number of amides is 1. The highest BCUT2D eigenvalue weighted by Crippen LogP contribution is 2.42. The van der Waals surface area contributed by atoms with Crippen molar-refractivity contribution in [1.29, 1.82) is 0 Å². The van der Waals surface area contributed by atoms with E-state index in [4.69, 9.17) is 9.47 Å². The van der Waals surface area contributed by atoms with Crippen molar-refractivity contribution in [3.63, 3.8) is 0 Å². The summed E-state index contributed by atoms with van der Waals surface area (Å²) in [4.78, 5) is 27.5. The average Bonchev–Trinajstić information content (AvgIpc) is 3.19. The number of phenolic OH excluding ortho intramolecular Hbond substituents is 2. The number of Topliss-reactive ketones (excluding diaryl/α,β-unsaturated/α-hetero) is 1. The Kier molecular flexibility index (Phi) is 3.79. The maximum atomic E-state index is 13.0. The van der Waals surface area contributed by atoms with Crippen molar-refractivity contribution in [1.82, 2.24) is 9.47 Å². The first kappa shape index (κ1) is 18.1. The Morgan fingerprint density at radius 1 is 1.13 bits per heavy atom. The molecule has 0 atom stereocenters. The molecule has 8 nitrogen and oxygen atoms in total. The summed E-state index contributed by atoms with van der Waals surface area (Å²) in [5.74, 6) is -0.599. The summed E-state index contributed by atoms with van der Waals surface area (Å²) in [5.41, 5.74) is 1.83. The second kappa shape index (κ2) is 6.28. The summed E-state index contributed by atoms with van der Waals surface area (Å²) in [6.45, 7) is 1.19. The lowest BCUT2D eigenvalue weighted by atomic mass is 10.0. The van der Waals surface area contributed by atoms with E-state index in [-0.39, 0.29) is 34.5 Å². The van der Waals surface area contributed by atoms with Crippen LogP contribution >= 0.6 is 0 Å². The molecule has 2 aliphatic rings. The van der Waals surface area contributed by atoms with Gasteiger partial charge >= 0.3 is 0 Å². The summed E-state index contributed by atoms with van der Waals surface area (Å²) in [7, 11) is 3.29. The molecular weight excluding hydrogens is 388 g/mol. The van der Waals surface area contributed by atoms with Crippen LogP contribution in [0, 0.1) is 0 Å². The summed E-state index contributed by atoms with van der Waals surface area (Å²) < 4.78 is 12.9. The molecule has 30 heavy (non-hydrogen) atoms. The smallest absolute Gasteiger partial charge is 0.270 e. The fourth-order valence-corrected chi connectivity index (χ4v) is 4.04. The topological polar surface area (TPSA) is 101 Å². The van der Waals surface area contributed by atoms with E-state index in [0.29, 0.717) is 30.1 Å². The molecule has 0 saturated carbocycles. The molecule has 0 fully saturated rings. The van der Waals surface area contributed by atoms with Crippen LogP contribution in [-0.2, 0) is 6.54 Å². The fraction of sp³-hybridized carbons (Fsp3) is 0.182. The Hall–Kier alpha value is -3.94. The van der Waals surface area contributed by atoms with E-state index in [2.05, 4.69) is 0 Å². The number of fused-ring (bicyclic) bond motifs is 4. The molecule has 5 rings (SSSR count). The van der Waals surface area contributed by atoms with Gasteiger partial charge in [-0.05, 0) is 24.3 Å². The van der Waals surface area contributed by atoms with Gasteiger partial charge in [0.1, 0.15) is 34.3 Å². The summed E-state index contributed by atoms with van der Waals surface area (Å²) in [5, 5.41) is 20.5. The molecule has 1 aromatic heterocycles.